The SMILES string of the molecule is COc1ccc(-[n+]2noc([O-])c2SC(C)C(=O)Nc2ccc(I)cc2)cc1. The number of halogens is 1. The minimum atomic E-state index is -0.593. The summed E-state index contributed by atoms with van der Waals surface area (Å²) < 4.78 is 12.4. The van der Waals surface area contributed by atoms with E-state index in [1.54, 1.807) is 38.3 Å². The van der Waals surface area contributed by atoms with Crippen molar-refractivity contribution in [2.45, 2.75) is 17.2 Å². The molecule has 7 nitrogen and oxygen atoms in total. The number of ether oxygens (including phenoxy) is 1. The number of hydrogen-bond donors (Lipinski definition) is 1. The van der Waals surface area contributed by atoms with E-state index in [0.29, 0.717) is 17.1 Å². The van der Waals surface area contributed by atoms with Crippen molar-refractivity contribution in [3.63, 3.8) is 0 Å². The first-order valence-electron chi connectivity index (χ1n) is 7.94. The lowest BCUT2D eigenvalue weighted by atomic mass is 10.3. The Morgan fingerprint density at radius 1 is 1.26 bits per heavy atom. The first kappa shape index (κ1) is 19.5. The van der Waals surface area contributed by atoms with Crippen molar-refractivity contribution in [1.29, 1.82) is 0 Å². The van der Waals surface area contributed by atoms with Crippen molar-refractivity contribution in [3.8, 4) is 17.4 Å². The Morgan fingerprint density at radius 2 is 1.93 bits per heavy atom. The number of benzene rings is 2. The summed E-state index contributed by atoms with van der Waals surface area (Å²) in [5, 5.41) is 18.4. The molecule has 1 heterocycles. The van der Waals surface area contributed by atoms with Crippen molar-refractivity contribution in [3.05, 3.63) is 52.1 Å². The number of carbonyl (C=O) groups excluding carboxylic acids is 1. The van der Waals surface area contributed by atoms with E-state index in [1.807, 2.05) is 24.3 Å². The molecule has 9 heteroatoms. The quantitative estimate of drug-likeness (QED) is 0.320. The second kappa shape index (κ2) is 8.61. The largest absolute Gasteiger partial charge is 0.538 e. The lowest BCUT2D eigenvalue weighted by Gasteiger charge is -2.10. The molecule has 2 aromatic carbocycles. The zero-order valence-electron chi connectivity index (χ0n) is 14.5. The number of amides is 1. The predicted octanol–water partition coefficient (Wildman–Crippen LogP) is 2.76. The number of nitrogens with one attached hydrogen (secondary N) is 1. The standard InChI is InChI=1S/C18H16IN3O4S/c1-11(16(23)20-13-5-3-12(19)4-6-13)27-17-18(24)26-21-22(17)14-7-9-15(25-2)10-8-14/h3-11H,1-2H3,(H-,20,21,23,24). The van der Waals surface area contributed by atoms with Gasteiger partial charge in [-0.3, -0.25) is 4.79 Å². The highest BCUT2D eigenvalue weighted by molar-refractivity contribution is 14.1. The van der Waals surface area contributed by atoms with Gasteiger partial charge in [0.25, 0.3) is 5.03 Å². The molecule has 0 fully saturated rings. The Hall–Kier alpha value is -2.27. The van der Waals surface area contributed by atoms with E-state index in [9.17, 15) is 9.90 Å². The zero-order chi connectivity index (χ0) is 19.4. The molecule has 0 aliphatic heterocycles. The molecular formula is C18H16IN3O4S. The van der Waals surface area contributed by atoms with Crippen molar-refractivity contribution < 1.29 is 23.8 Å². The molecule has 0 spiro atoms. The van der Waals surface area contributed by atoms with Crippen LogP contribution in [0.3, 0.4) is 0 Å². The van der Waals surface area contributed by atoms with E-state index in [2.05, 4.69) is 33.2 Å². The number of anilines is 1. The number of rotatable bonds is 6. The summed E-state index contributed by atoms with van der Waals surface area (Å²) >= 11 is 3.28. The van der Waals surface area contributed by atoms with Crippen molar-refractivity contribution in [1.82, 2.24) is 5.27 Å². The van der Waals surface area contributed by atoms with Gasteiger partial charge in [-0.15, -0.1) is 0 Å². The lowest BCUT2D eigenvalue weighted by Crippen LogP contribution is -2.36. The molecule has 0 saturated heterocycles. The zero-order valence-corrected chi connectivity index (χ0v) is 17.5. The van der Waals surface area contributed by atoms with Crippen LogP contribution in [0.4, 0.5) is 5.69 Å². The molecule has 3 aromatic rings. The number of aromatic nitrogens is 2. The van der Waals surface area contributed by atoms with Crippen LogP contribution in [0.2, 0.25) is 0 Å². The van der Waals surface area contributed by atoms with Gasteiger partial charge in [0.1, 0.15) is 5.75 Å². The molecule has 0 radical (unpaired) electrons. The van der Waals surface area contributed by atoms with E-state index in [4.69, 9.17) is 9.26 Å². The fourth-order valence-electron chi connectivity index (χ4n) is 2.22. The second-order valence-electron chi connectivity index (χ2n) is 5.53. The fourth-order valence-corrected chi connectivity index (χ4v) is 3.46. The second-order valence-corrected chi connectivity index (χ2v) is 8.11. The molecule has 1 unspecified atom stereocenters. The third-order valence-corrected chi connectivity index (χ3v) is 5.51. The Kier molecular flexibility index (Phi) is 6.22. The van der Waals surface area contributed by atoms with Crippen LogP contribution in [-0.2, 0) is 4.79 Å². The molecule has 1 amide bonds. The Labute approximate surface area is 173 Å². The van der Waals surface area contributed by atoms with Gasteiger partial charge in [0.05, 0.1) is 17.6 Å². The number of methoxy groups -OCH3 is 1. The molecule has 1 aromatic heterocycles. The van der Waals surface area contributed by atoms with Crippen LogP contribution in [0.1, 0.15) is 6.92 Å². The van der Waals surface area contributed by atoms with Gasteiger partial charge in [0.15, 0.2) is 5.95 Å². The fraction of sp³-hybridized carbons (Fsp3) is 0.167. The van der Waals surface area contributed by atoms with Crippen LogP contribution < -0.4 is 19.8 Å². The Morgan fingerprint density at radius 3 is 2.56 bits per heavy atom. The topological polar surface area (TPSA) is 91.3 Å². The monoisotopic (exact) mass is 497 g/mol. The third-order valence-electron chi connectivity index (χ3n) is 3.66. The molecular weight excluding hydrogens is 481 g/mol. The molecule has 140 valence electrons. The Bertz CT molecular complexity index is 929. The number of carbonyl (C=O) groups is 1. The van der Waals surface area contributed by atoms with E-state index >= 15 is 0 Å². The maximum Gasteiger partial charge on any atom is 0.298 e. The van der Waals surface area contributed by atoms with Gasteiger partial charge in [-0.2, -0.15) is 0 Å². The highest BCUT2D eigenvalue weighted by Gasteiger charge is 2.26. The van der Waals surface area contributed by atoms with Gasteiger partial charge in [0, 0.05) is 21.4 Å². The van der Waals surface area contributed by atoms with Crippen LogP contribution >= 0.6 is 34.4 Å². The van der Waals surface area contributed by atoms with Crippen molar-refractivity contribution >= 4 is 45.9 Å². The number of hydrogen-bond acceptors (Lipinski definition) is 6. The van der Waals surface area contributed by atoms with Crippen LogP contribution in [-0.4, -0.2) is 23.5 Å². The van der Waals surface area contributed by atoms with E-state index in [-0.39, 0.29) is 10.9 Å². The predicted molar refractivity (Wildman–Crippen MR) is 107 cm³/mol. The molecule has 27 heavy (non-hydrogen) atoms. The van der Waals surface area contributed by atoms with Crippen LogP contribution in [0, 0.1) is 3.57 Å². The maximum atomic E-state index is 12.5. The van der Waals surface area contributed by atoms with Crippen molar-refractivity contribution in [2.24, 2.45) is 0 Å². The average molecular weight is 497 g/mol. The Balaban J connectivity index is 1.75. The minimum Gasteiger partial charge on any atom is -0.538 e. The molecule has 0 bridgehead atoms. The van der Waals surface area contributed by atoms with Gasteiger partial charge >= 0.3 is 0 Å². The molecule has 0 saturated carbocycles. The van der Waals surface area contributed by atoms with Gasteiger partial charge in [-0.25, -0.2) is 0 Å². The van der Waals surface area contributed by atoms with E-state index in [0.717, 1.165) is 15.3 Å². The summed E-state index contributed by atoms with van der Waals surface area (Å²) in [6.07, 6.45) is 0. The van der Waals surface area contributed by atoms with Crippen LogP contribution in [0.25, 0.3) is 5.69 Å². The van der Waals surface area contributed by atoms with Crippen LogP contribution in [0.15, 0.2) is 58.1 Å². The smallest absolute Gasteiger partial charge is 0.298 e. The maximum absolute atomic E-state index is 12.5. The lowest BCUT2D eigenvalue weighted by molar-refractivity contribution is -0.705. The van der Waals surface area contributed by atoms with E-state index in [1.165, 1.54) is 4.68 Å². The average Bonchev–Trinajstić information content (AvgIpc) is 3.04. The summed E-state index contributed by atoms with van der Waals surface area (Å²) in [7, 11) is 1.57. The first-order chi connectivity index (χ1) is 13.0. The summed E-state index contributed by atoms with van der Waals surface area (Å²) in [6.45, 7) is 1.72. The van der Waals surface area contributed by atoms with Crippen molar-refractivity contribution in [2.75, 3.05) is 12.4 Å². The van der Waals surface area contributed by atoms with Gasteiger partial charge in [-0.1, -0.05) is 0 Å². The number of nitrogens with zero attached hydrogens (tertiary/aromatic N) is 2. The highest BCUT2D eigenvalue weighted by Crippen LogP contribution is 2.28. The minimum absolute atomic E-state index is 0.219. The first-order valence-corrected chi connectivity index (χ1v) is 9.90. The summed E-state index contributed by atoms with van der Waals surface area (Å²) in [5.41, 5.74) is 1.33. The molecule has 1 N–H and O–H groups in total. The normalized spacial score (nSPS) is 11.8. The summed E-state index contributed by atoms with van der Waals surface area (Å²) in [6, 6.07) is 14.5. The molecule has 3 rings (SSSR count). The van der Waals surface area contributed by atoms with Gasteiger partial charge in [-0.05, 0) is 82.4 Å². The highest BCUT2D eigenvalue weighted by atomic mass is 127. The molecule has 0 aliphatic rings. The molecule has 1 atom stereocenters. The third kappa shape index (κ3) is 4.72. The number of thioether (sulfide) groups is 1. The summed E-state index contributed by atoms with van der Waals surface area (Å²) in [5.74, 6) is -0.127. The van der Waals surface area contributed by atoms with E-state index < -0.39 is 11.2 Å². The van der Waals surface area contributed by atoms with Crippen LogP contribution in [0.5, 0.6) is 11.7 Å². The summed E-state index contributed by atoms with van der Waals surface area (Å²) in [4.78, 5) is 12.5. The van der Waals surface area contributed by atoms with Gasteiger partial charge < -0.3 is 19.7 Å². The molecule has 0 aliphatic carbocycles. The van der Waals surface area contributed by atoms with Gasteiger partial charge in [0.2, 0.25) is 11.6 Å².